The lowest BCUT2D eigenvalue weighted by Crippen LogP contribution is -2.29. The lowest BCUT2D eigenvalue weighted by molar-refractivity contribution is 0.0943. The number of carbonyl (C=O) groups is 1. The first-order chi connectivity index (χ1) is 13.6. The number of benzene rings is 4. The normalized spacial score (nSPS) is 11.9. The number of fused-ring (bicyclic) bond motifs is 1. The average Bonchev–Trinajstić information content (AvgIpc) is 2.73. The topological polar surface area (TPSA) is 49.3 Å². The fourth-order valence-electron chi connectivity index (χ4n) is 3.37. The van der Waals surface area contributed by atoms with Crippen LogP contribution in [0.3, 0.4) is 0 Å². The van der Waals surface area contributed by atoms with Crippen LogP contribution in [0.15, 0.2) is 91.0 Å². The highest BCUT2D eigenvalue weighted by molar-refractivity contribution is 14.1. The molecule has 0 aliphatic carbocycles. The van der Waals surface area contributed by atoms with Crippen LogP contribution >= 0.6 is 22.6 Å². The summed E-state index contributed by atoms with van der Waals surface area (Å²) in [4.78, 5) is 13.0. The highest BCUT2D eigenvalue weighted by Gasteiger charge is 2.23. The molecule has 4 aromatic carbocycles. The SMILES string of the molecule is O=C(NC(c1ccccc1)c1c(O)ccc2ccccc12)c1ccc(I)cc1. The third-order valence-electron chi connectivity index (χ3n) is 4.75. The van der Waals surface area contributed by atoms with Gasteiger partial charge < -0.3 is 10.4 Å². The monoisotopic (exact) mass is 479 g/mol. The summed E-state index contributed by atoms with van der Waals surface area (Å²) in [5, 5.41) is 15.8. The lowest BCUT2D eigenvalue weighted by atomic mass is 9.92. The lowest BCUT2D eigenvalue weighted by Gasteiger charge is -2.22. The van der Waals surface area contributed by atoms with Gasteiger partial charge >= 0.3 is 0 Å². The Bertz CT molecular complexity index is 1120. The van der Waals surface area contributed by atoms with Crippen LogP contribution in [-0.4, -0.2) is 11.0 Å². The van der Waals surface area contributed by atoms with Gasteiger partial charge in [0.25, 0.3) is 5.91 Å². The number of phenolic OH excluding ortho intramolecular Hbond substituents is 1. The van der Waals surface area contributed by atoms with Gasteiger partial charge in [0.1, 0.15) is 5.75 Å². The van der Waals surface area contributed by atoms with E-state index >= 15 is 0 Å². The fraction of sp³-hybridized carbons (Fsp3) is 0.0417. The van der Waals surface area contributed by atoms with Crippen LogP contribution in [0.2, 0.25) is 0 Å². The van der Waals surface area contributed by atoms with Crippen molar-refractivity contribution >= 4 is 39.3 Å². The first-order valence-electron chi connectivity index (χ1n) is 8.95. The zero-order chi connectivity index (χ0) is 19.5. The minimum Gasteiger partial charge on any atom is -0.508 e. The standard InChI is InChI=1S/C24H18INO2/c25-19-13-10-18(11-14-19)24(28)26-23(17-7-2-1-3-8-17)22-20-9-5-4-6-16(20)12-15-21(22)27/h1-15,23,27H,(H,26,28). The molecule has 0 saturated carbocycles. The molecule has 0 bridgehead atoms. The van der Waals surface area contributed by atoms with Gasteiger partial charge in [0.05, 0.1) is 6.04 Å². The van der Waals surface area contributed by atoms with Crippen LogP contribution < -0.4 is 5.32 Å². The van der Waals surface area contributed by atoms with Gasteiger partial charge in [-0.25, -0.2) is 0 Å². The molecule has 0 spiro atoms. The maximum Gasteiger partial charge on any atom is 0.252 e. The molecule has 1 amide bonds. The van der Waals surface area contributed by atoms with E-state index in [0.29, 0.717) is 11.1 Å². The Hall–Kier alpha value is -2.86. The van der Waals surface area contributed by atoms with Crippen molar-refractivity contribution in [1.82, 2.24) is 5.32 Å². The predicted molar refractivity (Wildman–Crippen MR) is 121 cm³/mol. The largest absolute Gasteiger partial charge is 0.508 e. The molecular formula is C24H18INO2. The average molecular weight is 479 g/mol. The third-order valence-corrected chi connectivity index (χ3v) is 5.47. The van der Waals surface area contributed by atoms with E-state index in [1.54, 1.807) is 6.07 Å². The van der Waals surface area contributed by atoms with E-state index in [1.165, 1.54) is 0 Å². The number of carbonyl (C=O) groups excluding carboxylic acids is 1. The second kappa shape index (κ2) is 8.02. The molecule has 138 valence electrons. The van der Waals surface area contributed by atoms with Crippen LogP contribution in [0.1, 0.15) is 27.5 Å². The molecule has 2 N–H and O–H groups in total. The molecule has 0 saturated heterocycles. The second-order valence-electron chi connectivity index (χ2n) is 6.54. The van der Waals surface area contributed by atoms with Crippen LogP contribution in [0.4, 0.5) is 0 Å². The summed E-state index contributed by atoms with van der Waals surface area (Å²) >= 11 is 2.21. The third kappa shape index (κ3) is 3.73. The van der Waals surface area contributed by atoms with Gasteiger partial charge in [-0.2, -0.15) is 0 Å². The molecule has 4 rings (SSSR count). The van der Waals surface area contributed by atoms with Crippen LogP contribution in [0, 0.1) is 3.57 Å². The van der Waals surface area contributed by atoms with Gasteiger partial charge in [-0.3, -0.25) is 4.79 Å². The molecule has 0 heterocycles. The van der Waals surface area contributed by atoms with Crippen molar-refractivity contribution < 1.29 is 9.90 Å². The van der Waals surface area contributed by atoms with Crippen molar-refractivity contribution in [3.05, 3.63) is 111 Å². The van der Waals surface area contributed by atoms with E-state index < -0.39 is 6.04 Å². The summed E-state index contributed by atoms with van der Waals surface area (Å²) in [5.74, 6) is -0.0203. The molecule has 0 radical (unpaired) electrons. The van der Waals surface area contributed by atoms with E-state index in [4.69, 9.17) is 0 Å². The first-order valence-corrected chi connectivity index (χ1v) is 10.0. The number of nitrogens with one attached hydrogen (secondary N) is 1. The zero-order valence-corrected chi connectivity index (χ0v) is 17.1. The molecular weight excluding hydrogens is 461 g/mol. The summed E-state index contributed by atoms with van der Waals surface area (Å²) in [7, 11) is 0. The van der Waals surface area contributed by atoms with E-state index in [1.807, 2.05) is 84.9 Å². The summed E-state index contributed by atoms with van der Waals surface area (Å²) in [6, 6.07) is 28.1. The Morgan fingerprint density at radius 3 is 2.25 bits per heavy atom. The van der Waals surface area contributed by atoms with Crippen molar-refractivity contribution in [2.45, 2.75) is 6.04 Å². The molecule has 1 unspecified atom stereocenters. The zero-order valence-electron chi connectivity index (χ0n) is 15.0. The maximum atomic E-state index is 13.0. The number of hydrogen-bond donors (Lipinski definition) is 2. The van der Waals surface area contributed by atoms with Gasteiger partial charge in [-0.15, -0.1) is 0 Å². The van der Waals surface area contributed by atoms with Crippen molar-refractivity contribution in [2.24, 2.45) is 0 Å². The second-order valence-corrected chi connectivity index (χ2v) is 7.79. The summed E-state index contributed by atoms with van der Waals surface area (Å²) in [5.41, 5.74) is 2.19. The highest BCUT2D eigenvalue weighted by Crippen LogP contribution is 2.36. The highest BCUT2D eigenvalue weighted by atomic mass is 127. The van der Waals surface area contributed by atoms with E-state index in [-0.39, 0.29) is 11.7 Å². The molecule has 0 aliphatic rings. The molecule has 0 aromatic heterocycles. The van der Waals surface area contributed by atoms with Crippen molar-refractivity contribution in [2.75, 3.05) is 0 Å². The number of hydrogen-bond acceptors (Lipinski definition) is 2. The number of amides is 1. The number of rotatable bonds is 4. The quantitative estimate of drug-likeness (QED) is 0.371. The van der Waals surface area contributed by atoms with Gasteiger partial charge in [-0.05, 0) is 69.3 Å². The predicted octanol–water partition coefficient (Wildman–Crippen LogP) is 5.67. The van der Waals surface area contributed by atoms with Gasteiger partial charge in [0.2, 0.25) is 0 Å². The molecule has 28 heavy (non-hydrogen) atoms. The van der Waals surface area contributed by atoms with Crippen LogP contribution in [0.25, 0.3) is 10.8 Å². The van der Waals surface area contributed by atoms with E-state index in [0.717, 1.165) is 19.9 Å². The Balaban J connectivity index is 1.83. The molecule has 4 aromatic rings. The van der Waals surface area contributed by atoms with Crippen molar-refractivity contribution in [3.8, 4) is 5.75 Å². The Morgan fingerprint density at radius 1 is 0.821 bits per heavy atom. The Kier molecular flexibility index (Phi) is 5.30. The Labute approximate surface area is 177 Å². The van der Waals surface area contributed by atoms with Gasteiger partial charge in [0.15, 0.2) is 0 Å². The molecule has 1 atom stereocenters. The van der Waals surface area contributed by atoms with E-state index in [2.05, 4.69) is 27.9 Å². The van der Waals surface area contributed by atoms with Crippen molar-refractivity contribution in [3.63, 3.8) is 0 Å². The summed E-state index contributed by atoms with van der Waals surface area (Å²) < 4.78 is 1.07. The molecule has 4 heteroatoms. The van der Waals surface area contributed by atoms with E-state index in [9.17, 15) is 9.90 Å². The fourth-order valence-corrected chi connectivity index (χ4v) is 3.73. The van der Waals surface area contributed by atoms with Crippen LogP contribution in [-0.2, 0) is 0 Å². The number of halogens is 1. The first kappa shape index (κ1) is 18.5. The Morgan fingerprint density at radius 2 is 1.50 bits per heavy atom. The number of aromatic hydroxyl groups is 1. The van der Waals surface area contributed by atoms with Gasteiger partial charge in [-0.1, -0.05) is 60.7 Å². The smallest absolute Gasteiger partial charge is 0.252 e. The van der Waals surface area contributed by atoms with Gasteiger partial charge in [0, 0.05) is 14.7 Å². The molecule has 3 nitrogen and oxygen atoms in total. The molecule has 0 fully saturated rings. The summed E-state index contributed by atoms with van der Waals surface area (Å²) in [6.45, 7) is 0. The van der Waals surface area contributed by atoms with Crippen molar-refractivity contribution in [1.29, 1.82) is 0 Å². The number of phenols is 1. The molecule has 0 aliphatic heterocycles. The summed E-state index contributed by atoms with van der Waals surface area (Å²) in [6.07, 6.45) is 0. The minimum absolute atomic E-state index is 0.162. The van der Waals surface area contributed by atoms with Crippen LogP contribution in [0.5, 0.6) is 5.75 Å². The minimum atomic E-state index is -0.473. The maximum absolute atomic E-state index is 13.0.